The van der Waals surface area contributed by atoms with Crippen molar-refractivity contribution in [3.8, 4) is 5.75 Å². The molecule has 0 spiro atoms. The summed E-state index contributed by atoms with van der Waals surface area (Å²) in [5.74, 6) is 0.677. The Kier molecular flexibility index (Phi) is 8.38. The van der Waals surface area contributed by atoms with E-state index in [1.165, 1.54) is 5.69 Å². The minimum Gasteiger partial charge on any atom is -0.491 e. The molecule has 3 rings (SSSR count). The molecule has 0 aromatic heterocycles. The molecule has 2 aromatic carbocycles. The van der Waals surface area contributed by atoms with Crippen molar-refractivity contribution < 1.29 is 14.9 Å². The molecule has 1 fully saturated rings. The fourth-order valence-corrected chi connectivity index (χ4v) is 3.23. The van der Waals surface area contributed by atoms with E-state index in [9.17, 15) is 10.2 Å². The first-order valence-corrected chi connectivity index (χ1v) is 9.23. The molecule has 2 N–H and O–H groups in total. The topological polar surface area (TPSA) is 56.2 Å². The van der Waals surface area contributed by atoms with Crippen LogP contribution in [-0.4, -0.2) is 60.5 Å². The van der Waals surface area contributed by atoms with Crippen LogP contribution in [0.1, 0.15) is 18.6 Å². The maximum Gasteiger partial charge on any atom is 0.119 e. The van der Waals surface area contributed by atoms with Gasteiger partial charge >= 0.3 is 0 Å². The van der Waals surface area contributed by atoms with E-state index in [0.717, 1.165) is 31.7 Å². The van der Waals surface area contributed by atoms with Crippen LogP contribution in [0, 0.1) is 0 Å². The first kappa shape index (κ1) is 21.5. The minimum atomic E-state index is -0.534. The molecule has 0 saturated carbocycles. The van der Waals surface area contributed by atoms with Gasteiger partial charge in [-0.2, -0.15) is 0 Å². The number of β-amino-alcohol motifs (C(OH)–C–C–N with tert-alkyl or cyclic N) is 1. The first-order valence-electron chi connectivity index (χ1n) is 9.23. The van der Waals surface area contributed by atoms with Gasteiger partial charge in [-0.1, -0.05) is 30.3 Å². The van der Waals surface area contributed by atoms with Gasteiger partial charge in [-0.25, -0.2) is 0 Å². The Morgan fingerprint density at radius 3 is 2.33 bits per heavy atom. The Bertz CT molecular complexity index is 676. The van der Waals surface area contributed by atoms with Crippen LogP contribution in [0.25, 0.3) is 0 Å². The normalized spacial score (nSPS) is 17.1. The lowest BCUT2D eigenvalue weighted by molar-refractivity contribution is 0.0662. The van der Waals surface area contributed by atoms with Crippen molar-refractivity contribution in [2.24, 2.45) is 0 Å². The zero-order valence-corrected chi connectivity index (χ0v) is 16.5. The number of piperazine rings is 1. The van der Waals surface area contributed by atoms with Gasteiger partial charge in [-0.05, 0) is 36.8 Å². The molecule has 0 aliphatic carbocycles. The van der Waals surface area contributed by atoms with Crippen molar-refractivity contribution in [3.05, 3.63) is 60.2 Å². The predicted octanol–water partition coefficient (Wildman–Crippen LogP) is 2.72. The summed E-state index contributed by atoms with van der Waals surface area (Å²) < 4.78 is 5.69. The molecule has 2 atom stereocenters. The van der Waals surface area contributed by atoms with Gasteiger partial charge in [0, 0.05) is 38.4 Å². The van der Waals surface area contributed by atoms with Crippen LogP contribution >= 0.6 is 12.4 Å². The summed E-state index contributed by atoms with van der Waals surface area (Å²) >= 11 is 0. The number of aliphatic hydroxyl groups excluding tert-OH is 2. The van der Waals surface area contributed by atoms with Crippen molar-refractivity contribution in [2.75, 3.05) is 44.2 Å². The van der Waals surface area contributed by atoms with Crippen molar-refractivity contribution >= 4 is 18.1 Å². The number of hydrogen-bond acceptors (Lipinski definition) is 5. The molecule has 2 aromatic rings. The van der Waals surface area contributed by atoms with Gasteiger partial charge in [0.05, 0.1) is 6.10 Å². The second-order valence-electron chi connectivity index (χ2n) is 6.84. The molecule has 148 valence electrons. The van der Waals surface area contributed by atoms with E-state index >= 15 is 0 Å². The molecule has 6 heteroatoms. The number of aliphatic hydroxyl groups is 2. The van der Waals surface area contributed by atoms with Gasteiger partial charge in [-0.15, -0.1) is 12.4 Å². The fraction of sp³-hybridized carbons (Fsp3) is 0.429. The molecule has 1 aliphatic heterocycles. The van der Waals surface area contributed by atoms with E-state index in [1.807, 2.05) is 30.3 Å². The molecule has 0 radical (unpaired) electrons. The monoisotopic (exact) mass is 392 g/mol. The van der Waals surface area contributed by atoms with Crippen LogP contribution < -0.4 is 9.64 Å². The highest BCUT2D eigenvalue weighted by molar-refractivity contribution is 5.85. The van der Waals surface area contributed by atoms with Crippen molar-refractivity contribution in [1.29, 1.82) is 0 Å². The average Bonchev–Trinajstić information content (AvgIpc) is 2.68. The lowest BCUT2D eigenvalue weighted by atomic mass is 10.1. The molecule has 1 aliphatic rings. The van der Waals surface area contributed by atoms with Crippen LogP contribution in [-0.2, 0) is 0 Å². The Balaban J connectivity index is 0.00000261. The van der Waals surface area contributed by atoms with Crippen LogP contribution in [0.3, 0.4) is 0 Å². The lowest BCUT2D eigenvalue weighted by Crippen LogP contribution is -2.49. The average molecular weight is 393 g/mol. The number of nitrogens with zero attached hydrogens (tertiary/aromatic N) is 2. The molecule has 1 saturated heterocycles. The standard InChI is InChI=1S/C21H28N2O3.ClH/c1-17(24)18-6-5-9-21(14-18)26-16-20(25)15-22-10-12-23(13-11-22)19-7-3-2-4-8-19;/h2-9,14,17,20,24-25H,10-13,15-16H2,1H3;1H. The summed E-state index contributed by atoms with van der Waals surface area (Å²) in [6, 6.07) is 17.8. The van der Waals surface area contributed by atoms with Gasteiger partial charge in [0.2, 0.25) is 0 Å². The van der Waals surface area contributed by atoms with E-state index in [4.69, 9.17) is 4.74 Å². The lowest BCUT2D eigenvalue weighted by Gasteiger charge is -2.36. The molecular weight excluding hydrogens is 364 g/mol. The predicted molar refractivity (Wildman–Crippen MR) is 111 cm³/mol. The van der Waals surface area contributed by atoms with E-state index in [1.54, 1.807) is 6.92 Å². The summed E-state index contributed by atoms with van der Waals surface area (Å²) in [7, 11) is 0. The number of benzene rings is 2. The summed E-state index contributed by atoms with van der Waals surface area (Å²) in [5.41, 5.74) is 2.07. The van der Waals surface area contributed by atoms with Crippen LogP contribution in [0.2, 0.25) is 0 Å². The van der Waals surface area contributed by atoms with Crippen LogP contribution in [0.15, 0.2) is 54.6 Å². The highest BCUT2D eigenvalue weighted by Crippen LogP contribution is 2.19. The smallest absolute Gasteiger partial charge is 0.119 e. The third-order valence-corrected chi connectivity index (χ3v) is 4.75. The van der Waals surface area contributed by atoms with Gasteiger partial charge < -0.3 is 19.8 Å². The van der Waals surface area contributed by atoms with Crippen LogP contribution in [0.4, 0.5) is 5.69 Å². The Labute approximate surface area is 167 Å². The van der Waals surface area contributed by atoms with Gasteiger partial charge in [0.1, 0.15) is 18.5 Å². The molecule has 2 unspecified atom stereocenters. The molecule has 1 heterocycles. The maximum absolute atomic E-state index is 10.3. The maximum atomic E-state index is 10.3. The number of hydrogen-bond donors (Lipinski definition) is 2. The molecule has 0 amide bonds. The number of para-hydroxylation sites is 1. The molecule has 0 bridgehead atoms. The quantitative estimate of drug-likeness (QED) is 0.758. The van der Waals surface area contributed by atoms with Crippen molar-refractivity contribution in [2.45, 2.75) is 19.1 Å². The first-order chi connectivity index (χ1) is 12.6. The summed E-state index contributed by atoms with van der Waals surface area (Å²) in [6.45, 7) is 6.39. The van der Waals surface area contributed by atoms with E-state index in [-0.39, 0.29) is 19.0 Å². The van der Waals surface area contributed by atoms with E-state index in [2.05, 4.69) is 34.1 Å². The SMILES string of the molecule is CC(O)c1cccc(OCC(O)CN2CCN(c3ccccc3)CC2)c1.Cl. The molecule has 27 heavy (non-hydrogen) atoms. The number of anilines is 1. The fourth-order valence-electron chi connectivity index (χ4n) is 3.23. The van der Waals surface area contributed by atoms with Gasteiger partial charge in [-0.3, -0.25) is 4.90 Å². The summed E-state index contributed by atoms with van der Waals surface area (Å²) in [6.07, 6.45) is -1.06. The van der Waals surface area contributed by atoms with Gasteiger partial charge in [0.25, 0.3) is 0 Å². The Morgan fingerprint density at radius 2 is 1.67 bits per heavy atom. The van der Waals surface area contributed by atoms with Crippen molar-refractivity contribution in [1.82, 2.24) is 4.90 Å². The number of rotatable bonds is 7. The second kappa shape index (κ2) is 10.5. The Hall–Kier alpha value is -1.79. The highest BCUT2D eigenvalue weighted by Gasteiger charge is 2.19. The minimum absolute atomic E-state index is 0. The zero-order valence-electron chi connectivity index (χ0n) is 15.7. The van der Waals surface area contributed by atoms with Crippen molar-refractivity contribution in [3.63, 3.8) is 0 Å². The number of ether oxygens (including phenoxy) is 1. The molecule has 5 nitrogen and oxygen atoms in total. The Morgan fingerprint density at radius 1 is 0.963 bits per heavy atom. The third-order valence-electron chi connectivity index (χ3n) is 4.75. The van der Waals surface area contributed by atoms with Gasteiger partial charge in [0.15, 0.2) is 0 Å². The summed E-state index contributed by atoms with van der Waals surface area (Å²) in [5, 5.41) is 19.9. The number of halogens is 1. The second-order valence-corrected chi connectivity index (χ2v) is 6.84. The highest BCUT2D eigenvalue weighted by atomic mass is 35.5. The van der Waals surface area contributed by atoms with Crippen LogP contribution in [0.5, 0.6) is 5.75 Å². The van der Waals surface area contributed by atoms with E-state index in [0.29, 0.717) is 12.3 Å². The zero-order chi connectivity index (χ0) is 18.4. The summed E-state index contributed by atoms with van der Waals surface area (Å²) in [4.78, 5) is 4.65. The largest absolute Gasteiger partial charge is 0.491 e. The van der Waals surface area contributed by atoms with E-state index < -0.39 is 12.2 Å². The third kappa shape index (κ3) is 6.40. The molecular formula is C21H29ClN2O3.